The first kappa shape index (κ1) is 14.8. The average molecular weight is 247 g/mol. The van der Waals surface area contributed by atoms with Crippen LogP contribution in [0.25, 0.3) is 0 Å². The number of benzene rings is 1. The summed E-state index contributed by atoms with van der Waals surface area (Å²) in [7, 11) is 1.70. The number of rotatable bonds is 9. The molecular formula is C16H25NO. The lowest BCUT2D eigenvalue weighted by Crippen LogP contribution is -2.22. The van der Waals surface area contributed by atoms with Gasteiger partial charge in [-0.25, -0.2) is 0 Å². The van der Waals surface area contributed by atoms with Crippen molar-refractivity contribution in [2.75, 3.05) is 13.7 Å². The highest BCUT2D eigenvalue weighted by Gasteiger charge is 2.09. The molecule has 2 nitrogen and oxygen atoms in total. The van der Waals surface area contributed by atoms with E-state index in [9.17, 15) is 0 Å². The van der Waals surface area contributed by atoms with Crippen molar-refractivity contribution in [1.82, 2.24) is 5.32 Å². The Morgan fingerprint density at radius 2 is 2.06 bits per heavy atom. The molecule has 1 N–H and O–H groups in total. The second-order valence-electron chi connectivity index (χ2n) is 4.50. The topological polar surface area (TPSA) is 21.3 Å². The number of ether oxygens (including phenoxy) is 1. The van der Waals surface area contributed by atoms with Crippen molar-refractivity contribution in [2.24, 2.45) is 0 Å². The molecule has 0 aromatic heterocycles. The summed E-state index contributed by atoms with van der Waals surface area (Å²) in [5.74, 6) is 0.916. The lowest BCUT2D eigenvalue weighted by Gasteiger charge is -2.19. The zero-order valence-corrected chi connectivity index (χ0v) is 11.6. The number of unbranched alkanes of at least 4 members (excludes halogenated alkanes) is 1. The average Bonchev–Trinajstić information content (AvgIpc) is 2.43. The van der Waals surface area contributed by atoms with Crippen molar-refractivity contribution in [2.45, 2.75) is 38.6 Å². The first-order valence-corrected chi connectivity index (χ1v) is 6.80. The minimum absolute atomic E-state index is 0.441. The molecule has 1 atom stereocenters. The van der Waals surface area contributed by atoms with Gasteiger partial charge in [0, 0.05) is 6.04 Å². The van der Waals surface area contributed by atoms with Gasteiger partial charge in [0.05, 0.1) is 7.11 Å². The molecule has 1 unspecified atom stereocenters. The van der Waals surface area contributed by atoms with Gasteiger partial charge in [0.25, 0.3) is 0 Å². The van der Waals surface area contributed by atoms with E-state index < -0.39 is 0 Å². The van der Waals surface area contributed by atoms with Crippen molar-refractivity contribution in [3.8, 4) is 5.75 Å². The lowest BCUT2D eigenvalue weighted by molar-refractivity contribution is 0.414. The van der Waals surface area contributed by atoms with E-state index in [-0.39, 0.29) is 0 Å². The second kappa shape index (κ2) is 8.76. The van der Waals surface area contributed by atoms with Crippen LogP contribution in [0.5, 0.6) is 5.75 Å². The van der Waals surface area contributed by atoms with E-state index in [2.05, 4.69) is 31.0 Å². The normalized spacial score (nSPS) is 12.1. The quantitative estimate of drug-likeness (QED) is 0.524. The maximum absolute atomic E-state index is 5.19. The van der Waals surface area contributed by atoms with Crippen LogP contribution in [0.4, 0.5) is 0 Å². The highest BCUT2D eigenvalue weighted by atomic mass is 16.5. The fraction of sp³-hybridized carbons (Fsp3) is 0.500. The molecule has 0 amide bonds. The van der Waals surface area contributed by atoms with Crippen molar-refractivity contribution in [3.63, 3.8) is 0 Å². The van der Waals surface area contributed by atoms with Gasteiger partial charge in [-0.1, -0.05) is 25.1 Å². The van der Waals surface area contributed by atoms with E-state index in [1.807, 2.05) is 18.2 Å². The van der Waals surface area contributed by atoms with Crippen LogP contribution < -0.4 is 10.1 Å². The third-order valence-electron chi connectivity index (χ3n) is 3.06. The smallest absolute Gasteiger partial charge is 0.118 e. The third-order valence-corrected chi connectivity index (χ3v) is 3.06. The highest BCUT2D eigenvalue weighted by molar-refractivity contribution is 5.29. The Kier molecular flexibility index (Phi) is 7.19. The number of nitrogens with one attached hydrogen (secondary N) is 1. The number of hydrogen-bond donors (Lipinski definition) is 1. The largest absolute Gasteiger partial charge is 0.497 e. The Labute approximate surface area is 111 Å². The van der Waals surface area contributed by atoms with Crippen LogP contribution in [0, 0.1) is 0 Å². The molecule has 100 valence electrons. The molecule has 0 aliphatic carbocycles. The zero-order chi connectivity index (χ0) is 13.2. The van der Waals surface area contributed by atoms with Crippen LogP contribution in [-0.4, -0.2) is 13.7 Å². The van der Waals surface area contributed by atoms with E-state index in [0.29, 0.717) is 6.04 Å². The highest BCUT2D eigenvalue weighted by Crippen LogP contribution is 2.22. The molecule has 0 heterocycles. The molecule has 0 bridgehead atoms. The molecule has 0 spiro atoms. The Morgan fingerprint density at radius 3 is 2.61 bits per heavy atom. The molecular weight excluding hydrogens is 222 g/mol. The van der Waals surface area contributed by atoms with Gasteiger partial charge in [-0.3, -0.25) is 0 Å². The summed E-state index contributed by atoms with van der Waals surface area (Å²) < 4.78 is 5.19. The molecule has 0 aliphatic rings. The van der Waals surface area contributed by atoms with Crippen molar-refractivity contribution < 1.29 is 4.74 Å². The first-order valence-electron chi connectivity index (χ1n) is 6.80. The predicted molar refractivity (Wildman–Crippen MR) is 78.1 cm³/mol. The number of methoxy groups -OCH3 is 1. The van der Waals surface area contributed by atoms with E-state index in [0.717, 1.165) is 31.6 Å². The molecule has 1 rings (SSSR count). The second-order valence-corrected chi connectivity index (χ2v) is 4.50. The standard InChI is InChI=1S/C16H25NO/c1-4-6-7-8-16(17-13-5-2)14-9-11-15(18-3)12-10-14/h4,9-12,16-17H,1,5-8,13H2,2-3H3. The summed E-state index contributed by atoms with van der Waals surface area (Å²) in [6.07, 6.45) is 6.56. The van der Waals surface area contributed by atoms with Gasteiger partial charge in [-0.05, 0) is 49.9 Å². The summed E-state index contributed by atoms with van der Waals surface area (Å²) in [4.78, 5) is 0. The van der Waals surface area contributed by atoms with Crippen molar-refractivity contribution in [1.29, 1.82) is 0 Å². The van der Waals surface area contributed by atoms with Crippen LogP contribution >= 0.6 is 0 Å². The molecule has 1 aromatic carbocycles. The van der Waals surface area contributed by atoms with E-state index in [4.69, 9.17) is 4.74 Å². The first-order chi connectivity index (χ1) is 8.81. The SMILES string of the molecule is C=CCCCC(NCCC)c1ccc(OC)cc1. The Bertz CT molecular complexity index is 331. The maximum Gasteiger partial charge on any atom is 0.118 e. The Hall–Kier alpha value is -1.28. The van der Waals surface area contributed by atoms with Gasteiger partial charge in [0.15, 0.2) is 0 Å². The van der Waals surface area contributed by atoms with E-state index >= 15 is 0 Å². The van der Waals surface area contributed by atoms with Crippen LogP contribution in [-0.2, 0) is 0 Å². The van der Waals surface area contributed by atoms with Gasteiger partial charge in [0.1, 0.15) is 5.75 Å². The van der Waals surface area contributed by atoms with Crippen LogP contribution in [0.2, 0.25) is 0 Å². The Morgan fingerprint density at radius 1 is 1.33 bits per heavy atom. The van der Waals surface area contributed by atoms with Crippen LogP contribution in [0.15, 0.2) is 36.9 Å². The van der Waals surface area contributed by atoms with Crippen molar-refractivity contribution in [3.05, 3.63) is 42.5 Å². The molecule has 2 heteroatoms. The lowest BCUT2D eigenvalue weighted by atomic mass is 10.0. The zero-order valence-electron chi connectivity index (χ0n) is 11.6. The molecule has 18 heavy (non-hydrogen) atoms. The van der Waals surface area contributed by atoms with Crippen LogP contribution in [0.3, 0.4) is 0 Å². The predicted octanol–water partition coefficient (Wildman–Crippen LogP) is 4.09. The maximum atomic E-state index is 5.19. The molecule has 0 fully saturated rings. The van der Waals surface area contributed by atoms with Gasteiger partial charge in [-0.2, -0.15) is 0 Å². The van der Waals surface area contributed by atoms with E-state index in [1.165, 1.54) is 12.0 Å². The van der Waals surface area contributed by atoms with Gasteiger partial charge in [0.2, 0.25) is 0 Å². The molecule has 0 saturated heterocycles. The number of allylic oxidation sites excluding steroid dienone is 1. The minimum Gasteiger partial charge on any atom is -0.497 e. The summed E-state index contributed by atoms with van der Waals surface area (Å²) in [5, 5.41) is 3.61. The monoisotopic (exact) mass is 247 g/mol. The molecule has 1 aromatic rings. The van der Waals surface area contributed by atoms with Crippen LogP contribution in [0.1, 0.15) is 44.2 Å². The number of hydrogen-bond acceptors (Lipinski definition) is 2. The summed E-state index contributed by atoms with van der Waals surface area (Å²) >= 11 is 0. The molecule has 0 aliphatic heterocycles. The summed E-state index contributed by atoms with van der Waals surface area (Å²) in [6, 6.07) is 8.81. The minimum atomic E-state index is 0.441. The fourth-order valence-corrected chi connectivity index (χ4v) is 2.01. The Balaban J connectivity index is 2.63. The van der Waals surface area contributed by atoms with Gasteiger partial charge < -0.3 is 10.1 Å². The van der Waals surface area contributed by atoms with E-state index in [1.54, 1.807) is 7.11 Å². The summed E-state index contributed by atoms with van der Waals surface area (Å²) in [6.45, 7) is 7.03. The molecule has 0 saturated carbocycles. The fourth-order valence-electron chi connectivity index (χ4n) is 2.01. The van der Waals surface area contributed by atoms with Crippen molar-refractivity contribution >= 4 is 0 Å². The van der Waals surface area contributed by atoms with Gasteiger partial charge in [-0.15, -0.1) is 6.58 Å². The van der Waals surface area contributed by atoms with Gasteiger partial charge >= 0.3 is 0 Å². The third kappa shape index (κ3) is 4.92. The molecule has 0 radical (unpaired) electrons. The summed E-state index contributed by atoms with van der Waals surface area (Å²) in [5.41, 5.74) is 1.34.